The molecule has 0 radical (unpaired) electrons. The van der Waals surface area contributed by atoms with Crippen LogP contribution in [0.2, 0.25) is 0 Å². The molecule has 0 saturated heterocycles. The molecule has 0 heterocycles. The number of aryl methyl sites for hydroxylation is 1. The van der Waals surface area contributed by atoms with Crippen LogP contribution >= 0.6 is 0 Å². The highest BCUT2D eigenvalue weighted by Gasteiger charge is 2.10. The number of nitrogens with one attached hydrogen (secondary N) is 2. The van der Waals surface area contributed by atoms with E-state index in [2.05, 4.69) is 17.0 Å². The van der Waals surface area contributed by atoms with Gasteiger partial charge in [0.1, 0.15) is 0 Å². The number of carbonyl (C=O) groups is 1. The Hall–Kier alpha value is -1.76. The van der Waals surface area contributed by atoms with Crippen LogP contribution < -0.4 is 10.0 Å². The van der Waals surface area contributed by atoms with Crippen LogP contribution in [0.5, 0.6) is 0 Å². The molecule has 23 heavy (non-hydrogen) atoms. The summed E-state index contributed by atoms with van der Waals surface area (Å²) in [7, 11) is -3.31. The number of rotatable bonds is 11. The summed E-state index contributed by atoms with van der Waals surface area (Å²) in [5, 5.41) is 10.8. The van der Waals surface area contributed by atoms with E-state index in [9.17, 15) is 13.2 Å². The number of unbranched alkanes of at least 4 members (excludes halogenated alkanes) is 3. The van der Waals surface area contributed by atoms with Crippen molar-refractivity contribution in [1.82, 2.24) is 5.32 Å². The van der Waals surface area contributed by atoms with Crippen LogP contribution in [0.4, 0.5) is 10.5 Å². The third-order valence-electron chi connectivity index (χ3n) is 3.39. The average molecular weight is 342 g/mol. The van der Waals surface area contributed by atoms with E-state index in [4.69, 9.17) is 5.11 Å². The Balaban J connectivity index is 2.47. The van der Waals surface area contributed by atoms with Gasteiger partial charge in [-0.1, -0.05) is 38.3 Å². The standard InChI is InChI=1S/C16H26N2O4S/c1-2-3-4-5-12-23(21,22)18-15-10-6-8-14(13-15)9-7-11-17-16(19)20/h6,8,10,13,17-18H,2-5,7,9,11-12H2,1H3,(H,19,20). The summed E-state index contributed by atoms with van der Waals surface area (Å²) in [4.78, 5) is 10.4. The molecular weight excluding hydrogens is 316 g/mol. The van der Waals surface area contributed by atoms with Crippen molar-refractivity contribution >= 4 is 21.8 Å². The van der Waals surface area contributed by atoms with Crippen molar-refractivity contribution in [3.63, 3.8) is 0 Å². The summed E-state index contributed by atoms with van der Waals surface area (Å²) >= 11 is 0. The van der Waals surface area contributed by atoms with Crippen molar-refractivity contribution < 1.29 is 18.3 Å². The van der Waals surface area contributed by atoms with Crippen molar-refractivity contribution in [3.05, 3.63) is 29.8 Å². The van der Waals surface area contributed by atoms with Crippen molar-refractivity contribution in [2.75, 3.05) is 17.0 Å². The van der Waals surface area contributed by atoms with E-state index in [1.54, 1.807) is 18.2 Å². The number of amides is 1. The fourth-order valence-corrected chi connectivity index (χ4v) is 3.40. The lowest BCUT2D eigenvalue weighted by Crippen LogP contribution is -2.22. The molecule has 0 aliphatic heterocycles. The highest BCUT2D eigenvalue weighted by atomic mass is 32.2. The molecule has 0 saturated carbocycles. The van der Waals surface area contributed by atoms with E-state index >= 15 is 0 Å². The topological polar surface area (TPSA) is 95.5 Å². The predicted octanol–water partition coefficient (Wildman–Crippen LogP) is 3.21. The van der Waals surface area contributed by atoms with Crippen LogP contribution in [0.25, 0.3) is 0 Å². The molecule has 0 atom stereocenters. The molecule has 7 heteroatoms. The molecule has 0 fully saturated rings. The normalized spacial score (nSPS) is 11.2. The van der Waals surface area contributed by atoms with Gasteiger partial charge in [0.25, 0.3) is 0 Å². The summed E-state index contributed by atoms with van der Waals surface area (Å²) < 4.78 is 26.7. The first-order valence-electron chi connectivity index (χ1n) is 7.99. The molecule has 0 aliphatic carbocycles. The van der Waals surface area contributed by atoms with Gasteiger partial charge in [-0.15, -0.1) is 0 Å². The van der Waals surface area contributed by atoms with E-state index in [1.807, 2.05) is 6.07 Å². The van der Waals surface area contributed by atoms with Crippen molar-refractivity contribution in [1.29, 1.82) is 0 Å². The molecule has 0 bridgehead atoms. The van der Waals surface area contributed by atoms with E-state index in [0.29, 0.717) is 31.5 Å². The highest BCUT2D eigenvalue weighted by Crippen LogP contribution is 2.14. The van der Waals surface area contributed by atoms with E-state index < -0.39 is 16.1 Å². The van der Waals surface area contributed by atoms with Crippen LogP contribution in [-0.4, -0.2) is 31.9 Å². The minimum absolute atomic E-state index is 0.139. The predicted molar refractivity (Wildman–Crippen MR) is 92.3 cm³/mol. The summed E-state index contributed by atoms with van der Waals surface area (Å²) in [6, 6.07) is 7.22. The Kier molecular flexibility index (Phi) is 8.47. The van der Waals surface area contributed by atoms with E-state index in [1.165, 1.54) is 0 Å². The van der Waals surface area contributed by atoms with Crippen molar-refractivity contribution in [2.45, 2.75) is 45.4 Å². The molecule has 0 unspecified atom stereocenters. The number of anilines is 1. The molecule has 0 aromatic heterocycles. The molecule has 0 spiro atoms. The number of hydrogen-bond acceptors (Lipinski definition) is 3. The van der Waals surface area contributed by atoms with E-state index in [-0.39, 0.29) is 5.75 Å². The smallest absolute Gasteiger partial charge is 0.404 e. The average Bonchev–Trinajstić information content (AvgIpc) is 2.48. The molecular formula is C16H26N2O4S. The lowest BCUT2D eigenvalue weighted by molar-refractivity contribution is 0.194. The van der Waals surface area contributed by atoms with Gasteiger partial charge in [0.15, 0.2) is 0 Å². The number of hydrogen-bond donors (Lipinski definition) is 3. The number of carboxylic acid groups (broad SMARTS) is 1. The van der Waals surface area contributed by atoms with Crippen LogP contribution in [0.3, 0.4) is 0 Å². The van der Waals surface area contributed by atoms with Crippen molar-refractivity contribution in [2.24, 2.45) is 0 Å². The zero-order valence-corrected chi connectivity index (χ0v) is 14.4. The monoisotopic (exact) mass is 342 g/mol. The number of sulfonamides is 1. The van der Waals surface area contributed by atoms with Gasteiger partial charge in [0.2, 0.25) is 10.0 Å². The first-order valence-corrected chi connectivity index (χ1v) is 9.64. The minimum atomic E-state index is -3.31. The van der Waals surface area contributed by atoms with Gasteiger partial charge in [0.05, 0.1) is 5.75 Å². The van der Waals surface area contributed by atoms with Crippen LogP contribution in [0, 0.1) is 0 Å². The molecule has 3 N–H and O–H groups in total. The summed E-state index contributed by atoms with van der Waals surface area (Å²) in [5.74, 6) is 0.139. The maximum Gasteiger partial charge on any atom is 0.404 e. The lowest BCUT2D eigenvalue weighted by Gasteiger charge is -2.09. The second-order valence-corrected chi connectivity index (χ2v) is 7.36. The van der Waals surface area contributed by atoms with Crippen LogP contribution in [-0.2, 0) is 16.4 Å². The molecule has 1 rings (SSSR count). The highest BCUT2D eigenvalue weighted by molar-refractivity contribution is 7.92. The molecule has 6 nitrogen and oxygen atoms in total. The van der Waals surface area contributed by atoms with Gasteiger partial charge in [-0.25, -0.2) is 13.2 Å². The summed E-state index contributed by atoms with van der Waals surface area (Å²) in [6.45, 7) is 2.47. The zero-order chi connectivity index (χ0) is 17.1. The van der Waals surface area contributed by atoms with Crippen LogP contribution in [0.1, 0.15) is 44.6 Å². The van der Waals surface area contributed by atoms with Gasteiger partial charge in [-0.3, -0.25) is 4.72 Å². The quantitative estimate of drug-likeness (QED) is 0.538. The fourth-order valence-electron chi connectivity index (χ4n) is 2.23. The third kappa shape index (κ3) is 9.07. The second-order valence-electron chi connectivity index (χ2n) is 5.52. The Morgan fingerprint density at radius 2 is 1.96 bits per heavy atom. The molecule has 0 aliphatic rings. The SMILES string of the molecule is CCCCCCS(=O)(=O)Nc1cccc(CCCNC(=O)O)c1. The third-order valence-corrected chi connectivity index (χ3v) is 4.76. The Bertz CT molecular complexity index is 587. The minimum Gasteiger partial charge on any atom is -0.465 e. The maximum atomic E-state index is 12.0. The Morgan fingerprint density at radius 3 is 2.65 bits per heavy atom. The molecule has 1 aromatic rings. The second kappa shape index (κ2) is 10.1. The first-order chi connectivity index (χ1) is 10.9. The maximum absolute atomic E-state index is 12.0. The summed E-state index contributed by atoms with van der Waals surface area (Å²) in [5.41, 5.74) is 1.53. The number of benzene rings is 1. The lowest BCUT2D eigenvalue weighted by atomic mass is 10.1. The van der Waals surface area contributed by atoms with Gasteiger partial charge in [-0.05, 0) is 37.0 Å². The Morgan fingerprint density at radius 1 is 1.17 bits per heavy atom. The van der Waals surface area contributed by atoms with Gasteiger partial charge < -0.3 is 10.4 Å². The molecule has 130 valence electrons. The zero-order valence-electron chi connectivity index (χ0n) is 13.5. The largest absolute Gasteiger partial charge is 0.465 e. The Labute approximate surface area is 138 Å². The molecule has 1 amide bonds. The van der Waals surface area contributed by atoms with Gasteiger partial charge >= 0.3 is 6.09 Å². The first kappa shape index (κ1) is 19.3. The van der Waals surface area contributed by atoms with Crippen molar-refractivity contribution in [3.8, 4) is 0 Å². The van der Waals surface area contributed by atoms with Gasteiger partial charge in [0, 0.05) is 12.2 Å². The summed E-state index contributed by atoms with van der Waals surface area (Å²) in [6.07, 6.45) is 4.04. The van der Waals surface area contributed by atoms with Gasteiger partial charge in [-0.2, -0.15) is 0 Å². The fraction of sp³-hybridized carbons (Fsp3) is 0.562. The van der Waals surface area contributed by atoms with E-state index in [0.717, 1.165) is 24.8 Å². The van der Waals surface area contributed by atoms with Crippen LogP contribution in [0.15, 0.2) is 24.3 Å². The molecule has 1 aromatic carbocycles.